The minimum absolute atomic E-state index is 0.424. The van der Waals surface area contributed by atoms with Gasteiger partial charge in [-0.2, -0.15) is 0 Å². The minimum atomic E-state index is 0.424. The van der Waals surface area contributed by atoms with Crippen LogP contribution in [0.4, 0.5) is 5.82 Å². The van der Waals surface area contributed by atoms with E-state index < -0.39 is 0 Å². The van der Waals surface area contributed by atoms with Crippen molar-refractivity contribution in [2.24, 2.45) is 0 Å². The molecule has 1 aromatic heterocycles. The molecule has 0 saturated heterocycles. The summed E-state index contributed by atoms with van der Waals surface area (Å²) in [6.45, 7) is 9.01. The van der Waals surface area contributed by atoms with Crippen LogP contribution in [0.3, 0.4) is 0 Å². The Morgan fingerprint density at radius 3 is 2.70 bits per heavy atom. The number of anilines is 1. The van der Waals surface area contributed by atoms with Gasteiger partial charge in [-0.05, 0) is 45.2 Å². The molecule has 0 aromatic carbocycles. The summed E-state index contributed by atoms with van der Waals surface area (Å²) in [6.07, 6.45) is 2.64. The molecule has 1 fully saturated rings. The summed E-state index contributed by atoms with van der Waals surface area (Å²) < 4.78 is 5.19. The van der Waals surface area contributed by atoms with E-state index in [-0.39, 0.29) is 0 Å². The fourth-order valence-corrected chi connectivity index (χ4v) is 2.29. The van der Waals surface area contributed by atoms with Crippen LogP contribution < -0.4 is 10.2 Å². The van der Waals surface area contributed by atoms with Crippen molar-refractivity contribution in [1.29, 1.82) is 0 Å². The summed E-state index contributed by atoms with van der Waals surface area (Å²) >= 11 is 0. The number of rotatable bonds is 8. The van der Waals surface area contributed by atoms with Gasteiger partial charge in [-0.3, -0.25) is 0 Å². The van der Waals surface area contributed by atoms with Crippen LogP contribution in [-0.2, 0) is 11.3 Å². The van der Waals surface area contributed by atoms with E-state index in [1.54, 1.807) is 7.11 Å². The van der Waals surface area contributed by atoms with E-state index in [4.69, 9.17) is 9.72 Å². The van der Waals surface area contributed by atoms with Crippen molar-refractivity contribution in [2.75, 3.05) is 25.2 Å². The molecule has 1 saturated carbocycles. The van der Waals surface area contributed by atoms with Crippen molar-refractivity contribution < 1.29 is 4.74 Å². The van der Waals surface area contributed by atoms with Crippen molar-refractivity contribution in [1.82, 2.24) is 10.3 Å². The average molecular weight is 277 g/mol. The molecule has 2 rings (SSSR count). The summed E-state index contributed by atoms with van der Waals surface area (Å²) in [6, 6.07) is 5.50. The molecule has 1 aliphatic rings. The molecular formula is C16H27N3O. The second-order valence-corrected chi connectivity index (χ2v) is 5.85. The molecule has 112 valence electrons. The quantitative estimate of drug-likeness (QED) is 0.792. The highest BCUT2D eigenvalue weighted by molar-refractivity contribution is 5.42. The van der Waals surface area contributed by atoms with E-state index in [2.05, 4.69) is 43.1 Å². The molecule has 0 bridgehead atoms. The molecule has 20 heavy (non-hydrogen) atoms. The van der Waals surface area contributed by atoms with Crippen LogP contribution in [0.15, 0.2) is 12.1 Å². The first-order valence-corrected chi connectivity index (χ1v) is 7.57. The Bertz CT molecular complexity index is 430. The highest BCUT2D eigenvalue weighted by atomic mass is 16.5. The zero-order valence-electron chi connectivity index (χ0n) is 13.1. The van der Waals surface area contributed by atoms with E-state index >= 15 is 0 Å². The van der Waals surface area contributed by atoms with Gasteiger partial charge in [0.25, 0.3) is 0 Å². The first-order chi connectivity index (χ1) is 9.61. The van der Waals surface area contributed by atoms with Crippen molar-refractivity contribution in [3.05, 3.63) is 23.4 Å². The minimum Gasteiger partial charge on any atom is -0.383 e. The van der Waals surface area contributed by atoms with Crippen LogP contribution in [0.2, 0.25) is 0 Å². The van der Waals surface area contributed by atoms with Crippen LogP contribution >= 0.6 is 0 Å². The molecule has 0 unspecified atom stereocenters. The van der Waals surface area contributed by atoms with Gasteiger partial charge in [-0.15, -0.1) is 0 Å². The lowest BCUT2D eigenvalue weighted by molar-refractivity contribution is 0.203. The summed E-state index contributed by atoms with van der Waals surface area (Å²) in [7, 11) is 1.74. The van der Waals surface area contributed by atoms with Gasteiger partial charge in [0.05, 0.1) is 6.61 Å². The number of aromatic nitrogens is 1. The van der Waals surface area contributed by atoms with Crippen LogP contribution in [0.1, 0.15) is 37.9 Å². The highest BCUT2D eigenvalue weighted by Gasteiger charge is 2.20. The predicted molar refractivity (Wildman–Crippen MR) is 83.2 cm³/mol. The molecule has 4 nitrogen and oxygen atoms in total. The van der Waals surface area contributed by atoms with E-state index in [1.807, 2.05) is 0 Å². The average Bonchev–Trinajstić information content (AvgIpc) is 3.22. The van der Waals surface area contributed by atoms with Gasteiger partial charge in [-0.1, -0.05) is 6.07 Å². The summed E-state index contributed by atoms with van der Waals surface area (Å²) in [5.74, 6) is 1.05. The second-order valence-electron chi connectivity index (χ2n) is 5.85. The zero-order chi connectivity index (χ0) is 14.5. The Morgan fingerprint density at radius 2 is 2.15 bits per heavy atom. The SMILES string of the molecule is COCCN(c1ccc(CNC2CC2)c(C)n1)C(C)C. The van der Waals surface area contributed by atoms with Crippen molar-refractivity contribution in [3.63, 3.8) is 0 Å². The standard InChI is InChI=1S/C16H27N3O/c1-12(2)19(9-10-20-4)16-8-5-14(13(3)18-16)11-17-15-6-7-15/h5,8,12,15,17H,6-7,9-11H2,1-4H3. The maximum Gasteiger partial charge on any atom is 0.129 e. The van der Waals surface area contributed by atoms with E-state index in [1.165, 1.54) is 18.4 Å². The lowest BCUT2D eigenvalue weighted by atomic mass is 10.2. The third kappa shape index (κ3) is 4.18. The van der Waals surface area contributed by atoms with E-state index in [9.17, 15) is 0 Å². The van der Waals surface area contributed by atoms with Gasteiger partial charge in [0, 0.05) is 38.0 Å². The highest BCUT2D eigenvalue weighted by Crippen LogP contribution is 2.21. The maximum absolute atomic E-state index is 5.19. The Hall–Kier alpha value is -1.13. The Kier molecular flexibility index (Phi) is 5.38. The number of pyridine rings is 1. The molecule has 0 atom stereocenters. The van der Waals surface area contributed by atoms with Gasteiger partial charge in [-0.25, -0.2) is 4.98 Å². The van der Waals surface area contributed by atoms with Crippen molar-refractivity contribution in [3.8, 4) is 0 Å². The predicted octanol–water partition coefficient (Wildman–Crippen LogP) is 2.50. The van der Waals surface area contributed by atoms with E-state index in [0.29, 0.717) is 6.04 Å². The number of ether oxygens (including phenoxy) is 1. The third-order valence-corrected chi connectivity index (χ3v) is 3.79. The number of hydrogen-bond acceptors (Lipinski definition) is 4. The van der Waals surface area contributed by atoms with Gasteiger partial charge < -0.3 is 15.0 Å². The zero-order valence-corrected chi connectivity index (χ0v) is 13.1. The Labute approximate surface area is 122 Å². The maximum atomic E-state index is 5.19. The fraction of sp³-hybridized carbons (Fsp3) is 0.688. The first-order valence-electron chi connectivity index (χ1n) is 7.57. The smallest absolute Gasteiger partial charge is 0.129 e. The molecule has 1 aromatic rings. The van der Waals surface area contributed by atoms with Crippen LogP contribution in [-0.4, -0.2) is 37.3 Å². The number of aryl methyl sites for hydroxylation is 1. The van der Waals surface area contributed by atoms with Crippen molar-refractivity contribution >= 4 is 5.82 Å². The van der Waals surface area contributed by atoms with Crippen LogP contribution in [0.5, 0.6) is 0 Å². The molecule has 1 heterocycles. The Morgan fingerprint density at radius 1 is 1.40 bits per heavy atom. The number of hydrogen-bond donors (Lipinski definition) is 1. The van der Waals surface area contributed by atoms with Gasteiger partial charge in [0.15, 0.2) is 0 Å². The topological polar surface area (TPSA) is 37.4 Å². The van der Waals surface area contributed by atoms with E-state index in [0.717, 1.165) is 37.3 Å². The second kappa shape index (κ2) is 7.04. The molecule has 1 aliphatic carbocycles. The molecule has 0 spiro atoms. The molecule has 0 amide bonds. The summed E-state index contributed by atoms with van der Waals surface area (Å²) in [5.41, 5.74) is 2.43. The molecule has 1 N–H and O–H groups in total. The van der Waals surface area contributed by atoms with Gasteiger partial charge in [0.1, 0.15) is 5.82 Å². The molecule has 4 heteroatoms. The lowest BCUT2D eigenvalue weighted by Crippen LogP contribution is -2.34. The van der Waals surface area contributed by atoms with Crippen LogP contribution in [0.25, 0.3) is 0 Å². The summed E-state index contributed by atoms with van der Waals surface area (Å²) in [5, 5.41) is 3.55. The van der Waals surface area contributed by atoms with Gasteiger partial charge >= 0.3 is 0 Å². The largest absolute Gasteiger partial charge is 0.383 e. The van der Waals surface area contributed by atoms with Crippen LogP contribution in [0, 0.1) is 6.92 Å². The first kappa shape index (κ1) is 15.3. The number of methoxy groups -OCH3 is 1. The molecule has 0 radical (unpaired) electrons. The monoisotopic (exact) mass is 277 g/mol. The fourth-order valence-electron chi connectivity index (χ4n) is 2.29. The Balaban J connectivity index is 2.04. The number of nitrogens with zero attached hydrogens (tertiary/aromatic N) is 2. The summed E-state index contributed by atoms with van der Waals surface area (Å²) in [4.78, 5) is 7.06. The third-order valence-electron chi connectivity index (χ3n) is 3.79. The van der Waals surface area contributed by atoms with Crippen molar-refractivity contribution in [2.45, 2.75) is 52.2 Å². The lowest BCUT2D eigenvalue weighted by Gasteiger charge is -2.28. The molecule has 0 aliphatic heterocycles. The normalized spacial score (nSPS) is 14.8. The van der Waals surface area contributed by atoms with Gasteiger partial charge in [0.2, 0.25) is 0 Å². The number of nitrogens with one attached hydrogen (secondary N) is 1. The molecular weight excluding hydrogens is 250 g/mol.